The molecular formula is C15H21N5O. The first-order valence-corrected chi connectivity index (χ1v) is 7.44. The molecule has 1 aliphatic heterocycles. The average Bonchev–Trinajstić information content (AvgIpc) is 3.17. The lowest BCUT2D eigenvalue weighted by molar-refractivity contribution is -0.136. The van der Waals surface area contributed by atoms with Gasteiger partial charge in [0.15, 0.2) is 0 Å². The molecule has 2 aromatic heterocycles. The van der Waals surface area contributed by atoms with E-state index in [4.69, 9.17) is 0 Å². The Labute approximate surface area is 124 Å². The molecule has 0 spiro atoms. The third-order valence-electron chi connectivity index (χ3n) is 4.24. The SMILES string of the molecule is Cc1nccn1[C@@H]1CCCN(C(=O)[C@@H](C)n2cccn2)C1. The number of hydrogen-bond donors (Lipinski definition) is 0. The third kappa shape index (κ3) is 2.70. The van der Waals surface area contributed by atoms with Crippen LogP contribution < -0.4 is 0 Å². The summed E-state index contributed by atoms with van der Waals surface area (Å²) in [5.74, 6) is 1.15. The van der Waals surface area contributed by atoms with Crippen LogP contribution >= 0.6 is 0 Å². The van der Waals surface area contributed by atoms with Crippen LogP contribution in [0.5, 0.6) is 0 Å². The van der Waals surface area contributed by atoms with Gasteiger partial charge in [-0.25, -0.2) is 4.98 Å². The van der Waals surface area contributed by atoms with Crippen molar-refractivity contribution >= 4 is 5.91 Å². The molecule has 0 saturated carbocycles. The lowest BCUT2D eigenvalue weighted by atomic mass is 10.0. The quantitative estimate of drug-likeness (QED) is 0.865. The number of likely N-dealkylation sites (tertiary alicyclic amines) is 1. The van der Waals surface area contributed by atoms with Crippen LogP contribution in [0.2, 0.25) is 0 Å². The lowest BCUT2D eigenvalue weighted by Crippen LogP contribution is -2.43. The molecule has 6 heteroatoms. The molecule has 0 aromatic carbocycles. The second-order valence-corrected chi connectivity index (χ2v) is 5.62. The van der Waals surface area contributed by atoms with Crippen molar-refractivity contribution < 1.29 is 4.79 Å². The zero-order valence-electron chi connectivity index (χ0n) is 12.5. The van der Waals surface area contributed by atoms with Gasteiger partial charge < -0.3 is 9.47 Å². The second-order valence-electron chi connectivity index (χ2n) is 5.62. The standard InChI is InChI=1S/C15H21N5O/c1-12(20-9-4-6-17-20)15(21)18-8-3-5-14(11-18)19-10-7-16-13(19)2/h4,6-7,9-10,12,14H,3,5,8,11H2,1-2H3/t12-,14-/m1/s1. The number of hydrogen-bond acceptors (Lipinski definition) is 3. The molecule has 0 N–H and O–H groups in total. The monoisotopic (exact) mass is 287 g/mol. The van der Waals surface area contributed by atoms with Gasteiger partial charge in [0.1, 0.15) is 11.9 Å². The minimum absolute atomic E-state index is 0.140. The molecule has 1 fully saturated rings. The van der Waals surface area contributed by atoms with Gasteiger partial charge in [-0.05, 0) is 32.8 Å². The molecule has 3 rings (SSSR count). The number of carbonyl (C=O) groups excluding carboxylic acids is 1. The third-order valence-corrected chi connectivity index (χ3v) is 4.24. The molecule has 2 aromatic rings. The average molecular weight is 287 g/mol. The summed E-state index contributed by atoms with van der Waals surface area (Å²) in [6.07, 6.45) is 9.49. The maximum atomic E-state index is 12.6. The topological polar surface area (TPSA) is 56.0 Å². The number of rotatable bonds is 3. The maximum absolute atomic E-state index is 12.6. The van der Waals surface area contributed by atoms with Gasteiger partial charge in [0.2, 0.25) is 5.91 Å². The van der Waals surface area contributed by atoms with Gasteiger partial charge in [-0.2, -0.15) is 5.10 Å². The van der Waals surface area contributed by atoms with Gasteiger partial charge in [0.05, 0.1) is 6.04 Å². The molecule has 0 radical (unpaired) electrons. The van der Waals surface area contributed by atoms with Crippen molar-refractivity contribution in [3.63, 3.8) is 0 Å². The van der Waals surface area contributed by atoms with Gasteiger partial charge in [0, 0.05) is 37.9 Å². The smallest absolute Gasteiger partial charge is 0.247 e. The van der Waals surface area contributed by atoms with E-state index in [9.17, 15) is 4.79 Å². The highest BCUT2D eigenvalue weighted by atomic mass is 16.2. The van der Waals surface area contributed by atoms with Crippen molar-refractivity contribution in [2.24, 2.45) is 0 Å². The number of nitrogens with zero attached hydrogens (tertiary/aromatic N) is 5. The Kier molecular flexibility index (Phi) is 3.77. The summed E-state index contributed by atoms with van der Waals surface area (Å²) >= 11 is 0. The number of aryl methyl sites for hydroxylation is 1. The van der Waals surface area contributed by atoms with Crippen LogP contribution in [-0.4, -0.2) is 43.2 Å². The number of carbonyl (C=O) groups is 1. The van der Waals surface area contributed by atoms with E-state index in [1.54, 1.807) is 10.9 Å². The molecule has 21 heavy (non-hydrogen) atoms. The Morgan fingerprint density at radius 3 is 2.90 bits per heavy atom. The molecule has 2 atom stereocenters. The van der Waals surface area contributed by atoms with Crippen LogP contribution in [-0.2, 0) is 4.79 Å². The molecule has 6 nitrogen and oxygen atoms in total. The first kappa shape index (κ1) is 13.9. The van der Waals surface area contributed by atoms with E-state index in [1.807, 2.05) is 43.4 Å². The summed E-state index contributed by atoms with van der Waals surface area (Å²) in [6.45, 7) is 5.49. The van der Waals surface area contributed by atoms with Gasteiger partial charge in [-0.1, -0.05) is 0 Å². The summed E-state index contributed by atoms with van der Waals surface area (Å²) in [6, 6.07) is 1.93. The van der Waals surface area contributed by atoms with E-state index < -0.39 is 0 Å². The molecule has 0 aliphatic carbocycles. The van der Waals surface area contributed by atoms with E-state index in [0.29, 0.717) is 6.04 Å². The zero-order chi connectivity index (χ0) is 14.8. The van der Waals surface area contributed by atoms with E-state index in [0.717, 1.165) is 31.8 Å². The Balaban J connectivity index is 1.71. The van der Waals surface area contributed by atoms with E-state index in [-0.39, 0.29) is 11.9 Å². The Hall–Kier alpha value is -2.11. The second kappa shape index (κ2) is 5.71. The predicted octanol–water partition coefficient (Wildman–Crippen LogP) is 1.81. The van der Waals surface area contributed by atoms with Crippen molar-refractivity contribution in [1.82, 2.24) is 24.2 Å². The van der Waals surface area contributed by atoms with Crippen LogP contribution in [0, 0.1) is 6.92 Å². The summed E-state index contributed by atoms with van der Waals surface area (Å²) in [7, 11) is 0. The molecule has 0 unspecified atom stereocenters. The van der Waals surface area contributed by atoms with Crippen LogP contribution in [0.1, 0.15) is 37.7 Å². The largest absolute Gasteiger partial charge is 0.339 e. The van der Waals surface area contributed by atoms with E-state index >= 15 is 0 Å². The van der Waals surface area contributed by atoms with Gasteiger partial charge >= 0.3 is 0 Å². The molecule has 1 saturated heterocycles. The van der Waals surface area contributed by atoms with Crippen molar-refractivity contribution in [1.29, 1.82) is 0 Å². The fraction of sp³-hybridized carbons (Fsp3) is 0.533. The highest BCUT2D eigenvalue weighted by Gasteiger charge is 2.28. The number of amides is 1. The van der Waals surface area contributed by atoms with Gasteiger partial charge in [0.25, 0.3) is 0 Å². The number of aromatic nitrogens is 4. The van der Waals surface area contributed by atoms with Crippen LogP contribution in [0.15, 0.2) is 30.9 Å². The predicted molar refractivity (Wildman–Crippen MR) is 78.8 cm³/mol. The molecule has 1 amide bonds. The summed E-state index contributed by atoms with van der Waals surface area (Å²) in [5.41, 5.74) is 0. The van der Waals surface area contributed by atoms with Crippen molar-refractivity contribution in [2.75, 3.05) is 13.1 Å². The highest BCUT2D eigenvalue weighted by molar-refractivity contribution is 5.80. The number of piperidine rings is 1. The Bertz CT molecular complexity index is 603. The maximum Gasteiger partial charge on any atom is 0.247 e. The fourth-order valence-electron chi connectivity index (χ4n) is 3.04. The Morgan fingerprint density at radius 1 is 1.38 bits per heavy atom. The summed E-state index contributed by atoms with van der Waals surface area (Å²) in [4.78, 5) is 18.9. The minimum Gasteiger partial charge on any atom is -0.339 e. The summed E-state index contributed by atoms with van der Waals surface area (Å²) in [5, 5.41) is 4.17. The molecular weight excluding hydrogens is 266 g/mol. The molecule has 3 heterocycles. The summed E-state index contributed by atoms with van der Waals surface area (Å²) < 4.78 is 3.90. The van der Waals surface area contributed by atoms with Crippen molar-refractivity contribution in [2.45, 2.75) is 38.8 Å². The van der Waals surface area contributed by atoms with Crippen molar-refractivity contribution in [3.05, 3.63) is 36.7 Å². The number of imidazole rings is 1. The molecule has 0 bridgehead atoms. The first-order chi connectivity index (χ1) is 10.2. The van der Waals surface area contributed by atoms with Crippen LogP contribution in [0.3, 0.4) is 0 Å². The van der Waals surface area contributed by atoms with Gasteiger partial charge in [-0.3, -0.25) is 9.48 Å². The minimum atomic E-state index is -0.248. The molecule has 1 aliphatic rings. The van der Waals surface area contributed by atoms with E-state index in [1.165, 1.54) is 0 Å². The zero-order valence-corrected chi connectivity index (χ0v) is 12.5. The normalized spacial score (nSPS) is 20.5. The first-order valence-electron chi connectivity index (χ1n) is 7.44. The van der Waals surface area contributed by atoms with E-state index in [2.05, 4.69) is 14.6 Å². The van der Waals surface area contributed by atoms with Gasteiger partial charge in [-0.15, -0.1) is 0 Å². The fourth-order valence-corrected chi connectivity index (χ4v) is 3.04. The highest BCUT2D eigenvalue weighted by Crippen LogP contribution is 2.24. The molecule has 112 valence electrons. The van der Waals surface area contributed by atoms with Crippen molar-refractivity contribution in [3.8, 4) is 0 Å². The lowest BCUT2D eigenvalue weighted by Gasteiger charge is -2.35. The van der Waals surface area contributed by atoms with Crippen LogP contribution in [0.4, 0.5) is 0 Å². The van der Waals surface area contributed by atoms with Crippen LogP contribution in [0.25, 0.3) is 0 Å². The Morgan fingerprint density at radius 2 is 2.24 bits per heavy atom.